The Morgan fingerprint density at radius 1 is 1.21 bits per heavy atom. The molecule has 0 radical (unpaired) electrons. The van der Waals surface area contributed by atoms with Crippen LogP contribution in [0.4, 0.5) is 0 Å². The van der Waals surface area contributed by atoms with Crippen LogP contribution in [0.2, 0.25) is 0 Å². The van der Waals surface area contributed by atoms with Gasteiger partial charge in [0.2, 0.25) is 5.91 Å². The number of carbonyl (C=O) groups is 3. The van der Waals surface area contributed by atoms with Crippen molar-refractivity contribution < 1.29 is 14.4 Å². The van der Waals surface area contributed by atoms with E-state index in [1.54, 1.807) is 0 Å². The summed E-state index contributed by atoms with van der Waals surface area (Å²) in [6.07, 6.45) is 0.947. The Morgan fingerprint density at radius 2 is 1.84 bits per heavy atom. The average Bonchev–Trinajstić information content (AvgIpc) is 2.36. The summed E-state index contributed by atoms with van der Waals surface area (Å²) in [5, 5.41) is 2.46. The van der Waals surface area contributed by atoms with Gasteiger partial charge in [-0.25, -0.2) is 0 Å². The van der Waals surface area contributed by atoms with E-state index in [-0.39, 0.29) is 30.4 Å². The lowest BCUT2D eigenvalue weighted by molar-refractivity contribution is -0.131. The van der Waals surface area contributed by atoms with Crippen LogP contribution in [-0.4, -0.2) is 24.0 Å². The molecule has 0 saturated heterocycles. The molecule has 1 unspecified atom stereocenters. The molecule has 0 spiro atoms. The third kappa shape index (κ3) is 5.46. The predicted octanol–water partition coefficient (Wildman–Crippen LogP) is 1.53. The van der Waals surface area contributed by atoms with E-state index >= 15 is 0 Å². The molecule has 0 aliphatic rings. The van der Waals surface area contributed by atoms with E-state index in [9.17, 15) is 14.4 Å². The molecule has 1 amide bonds. The van der Waals surface area contributed by atoms with Gasteiger partial charge < -0.3 is 10.1 Å². The Bertz CT molecular complexity index is 440. The zero-order valence-corrected chi connectivity index (χ0v) is 11.3. The highest BCUT2D eigenvalue weighted by atomic mass is 16.2. The molecule has 0 aliphatic carbocycles. The van der Waals surface area contributed by atoms with Crippen LogP contribution in [-0.2, 0) is 20.8 Å². The third-order valence-corrected chi connectivity index (χ3v) is 2.62. The lowest BCUT2D eigenvalue weighted by Gasteiger charge is -2.13. The predicted molar refractivity (Wildman–Crippen MR) is 72.6 cm³/mol. The Kier molecular flexibility index (Phi) is 5.93. The number of amides is 1. The molecule has 1 rings (SSSR count). The highest BCUT2D eigenvalue weighted by molar-refractivity contribution is 6.00. The fourth-order valence-electron chi connectivity index (χ4n) is 1.73. The summed E-state index contributed by atoms with van der Waals surface area (Å²) < 4.78 is 0. The van der Waals surface area contributed by atoms with E-state index in [1.807, 2.05) is 44.2 Å². The van der Waals surface area contributed by atoms with Gasteiger partial charge in [0, 0.05) is 6.42 Å². The smallest absolute Gasteiger partial charge is 0.225 e. The molecular weight excluding hydrogens is 242 g/mol. The second kappa shape index (κ2) is 7.46. The Balaban J connectivity index is 2.54. The molecular formula is C15H19NO3. The van der Waals surface area contributed by atoms with Crippen molar-refractivity contribution in [3.63, 3.8) is 0 Å². The van der Waals surface area contributed by atoms with Gasteiger partial charge in [0.25, 0.3) is 0 Å². The molecule has 0 heterocycles. The zero-order chi connectivity index (χ0) is 14.3. The highest BCUT2D eigenvalue weighted by Crippen LogP contribution is 2.03. The third-order valence-electron chi connectivity index (χ3n) is 2.62. The van der Waals surface area contributed by atoms with Crippen LogP contribution >= 0.6 is 0 Å². The largest absolute Gasteiger partial charge is 0.340 e. The van der Waals surface area contributed by atoms with Crippen LogP contribution < -0.4 is 5.32 Å². The number of hydrogen-bond acceptors (Lipinski definition) is 3. The van der Waals surface area contributed by atoms with Crippen LogP contribution in [0.1, 0.15) is 25.8 Å². The number of carbonyl (C=O) groups excluding carboxylic acids is 3. The quantitative estimate of drug-likeness (QED) is 0.598. The van der Waals surface area contributed by atoms with E-state index in [1.165, 1.54) is 0 Å². The first-order chi connectivity index (χ1) is 9.02. The van der Waals surface area contributed by atoms with Crippen molar-refractivity contribution in [1.29, 1.82) is 0 Å². The fraction of sp³-hybridized carbons (Fsp3) is 0.400. The molecule has 1 N–H and O–H groups in total. The molecule has 0 aliphatic heterocycles. The summed E-state index contributed by atoms with van der Waals surface area (Å²) in [7, 11) is 0. The Morgan fingerprint density at radius 3 is 2.37 bits per heavy atom. The number of nitrogens with one attached hydrogen (secondary N) is 1. The maximum atomic E-state index is 11.7. The van der Waals surface area contributed by atoms with Gasteiger partial charge in [0.1, 0.15) is 12.3 Å². The van der Waals surface area contributed by atoms with Gasteiger partial charge in [-0.3, -0.25) is 9.59 Å². The Hall–Kier alpha value is -1.97. The second-order valence-electron chi connectivity index (χ2n) is 4.91. The number of hydrogen-bond donors (Lipinski definition) is 1. The molecule has 4 heteroatoms. The van der Waals surface area contributed by atoms with E-state index in [0.717, 1.165) is 5.56 Å². The Labute approximate surface area is 113 Å². The molecule has 0 aromatic heterocycles. The van der Waals surface area contributed by atoms with Gasteiger partial charge in [0.05, 0.1) is 6.42 Å². The van der Waals surface area contributed by atoms with Crippen LogP contribution in [0.15, 0.2) is 30.3 Å². The van der Waals surface area contributed by atoms with E-state index in [0.29, 0.717) is 6.29 Å². The number of rotatable bonds is 7. The molecule has 0 saturated carbocycles. The molecule has 1 aromatic rings. The van der Waals surface area contributed by atoms with Gasteiger partial charge in [-0.1, -0.05) is 44.2 Å². The van der Waals surface area contributed by atoms with Crippen LogP contribution in [0.25, 0.3) is 0 Å². The molecule has 19 heavy (non-hydrogen) atoms. The molecule has 1 atom stereocenters. The topological polar surface area (TPSA) is 63.2 Å². The fourth-order valence-corrected chi connectivity index (χ4v) is 1.73. The number of Topliss-reactive ketones (excluding diaryl/α,β-unsaturated/α-hetero) is 1. The van der Waals surface area contributed by atoms with Crippen LogP contribution in [0.5, 0.6) is 0 Å². The lowest BCUT2D eigenvalue weighted by atomic mass is 10.0. The van der Waals surface area contributed by atoms with Crippen LogP contribution in [0, 0.1) is 5.92 Å². The minimum Gasteiger partial charge on any atom is -0.340 e. The van der Waals surface area contributed by atoms with Gasteiger partial charge in [-0.2, -0.15) is 0 Å². The average molecular weight is 261 g/mol. The monoisotopic (exact) mass is 261 g/mol. The molecule has 102 valence electrons. The molecule has 1 aromatic carbocycles. The van der Waals surface area contributed by atoms with E-state index < -0.39 is 6.04 Å². The standard InChI is InChI=1S/C15H19NO3/c1-11(2)8-14(18)13(10-17)16-15(19)9-12-6-4-3-5-7-12/h3-7,10-11,13H,8-9H2,1-2H3,(H,16,19). The molecule has 0 bridgehead atoms. The summed E-state index contributed by atoms with van der Waals surface area (Å²) >= 11 is 0. The number of benzene rings is 1. The first kappa shape index (κ1) is 15.1. The SMILES string of the molecule is CC(C)CC(=O)C(C=O)NC(=O)Cc1ccccc1. The first-order valence-corrected chi connectivity index (χ1v) is 6.34. The van der Waals surface area contributed by atoms with Crippen molar-refractivity contribution in [2.75, 3.05) is 0 Å². The van der Waals surface area contributed by atoms with Crippen molar-refractivity contribution in [3.8, 4) is 0 Å². The zero-order valence-electron chi connectivity index (χ0n) is 11.3. The summed E-state index contributed by atoms with van der Waals surface area (Å²) in [6.45, 7) is 3.79. The first-order valence-electron chi connectivity index (χ1n) is 6.34. The van der Waals surface area contributed by atoms with Crippen molar-refractivity contribution in [2.45, 2.75) is 32.7 Å². The summed E-state index contributed by atoms with van der Waals surface area (Å²) in [5.41, 5.74) is 0.848. The maximum Gasteiger partial charge on any atom is 0.225 e. The second-order valence-corrected chi connectivity index (χ2v) is 4.91. The van der Waals surface area contributed by atoms with Crippen molar-refractivity contribution in [2.24, 2.45) is 5.92 Å². The summed E-state index contributed by atoms with van der Waals surface area (Å²) in [6, 6.07) is 8.16. The van der Waals surface area contributed by atoms with Gasteiger partial charge in [0.15, 0.2) is 5.78 Å². The van der Waals surface area contributed by atoms with E-state index in [4.69, 9.17) is 0 Å². The minimum absolute atomic E-state index is 0.167. The maximum absolute atomic E-state index is 11.7. The summed E-state index contributed by atoms with van der Waals surface area (Å²) in [5.74, 6) is -0.396. The van der Waals surface area contributed by atoms with Gasteiger partial charge in [-0.15, -0.1) is 0 Å². The lowest BCUT2D eigenvalue weighted by Crippen LogP contribution is -2.43. The van der Waals surface area contributed by atoms with Gasteiger partial charge >= 0.3 is 0 Å². The normalized spacial score (nSPS) is 11.9. The van der Waals surface area contributed by atoms with Crippen molar-refractivity contribution in [3.05, 3.63) is 35.9 Å². The summed E-state index contributed by atoms with van der Waals surface area (Å²) in [4.78, 5) is 34.4. The number of ketones is 1. The van der Waals surface area contributed by atoms with Gasteiger partial charge in [-0.05, 0) is 11.5 Å². The number of aldehydes is 1. The highest BCUT2D eigenvalue weighted by Gasteiger charge is 2.20. The van der Waals surface area contributed by atoms with E-state index in [2.05, 4.69) is 5.32 Å². The minimum atomic E-state index is -1.03. The van der Waals surface area contributed by atoms with Crippen LogP contribution in [0.3, 0.4) is 0 Å². The van der Waals surface area contributed by atoms with Crippen molar-refractivity contribution >= 4 is 18.0 Å². The molecule has 0 fully saturated rings. The van der Waals surface area contributed by atoms with Crippen molar-refractivity contribution in [1.82, 2.24) is 5.32 Å². The molecule has 4 nitrogen and oxygen atoms in total.